The Hall–Kier alpha value is -1.62. The highest BCUT2D eigenvalue weighted by molar-refractivity contribution is 5.81. The molecule has 2 N–H and O–H groups in total. The van der Waals surface area contributed by atoms with Crippen LogP contribution in [0.25, 0.3) is 0 Å². The molecule has 0 aromatic carbocycles. The molecule has 0 saturated carbocycles. The zero-order valence-corrected chi connectivity index (χ0v) is 11.1. The molecule has 0 radical (unpaired) electrons. The summed E-state index contributed by atoms with van der Waals surface area (Å²) in [5.74, 6) is 1.09. The molecule has 1 aromatic heterocycles. The molecule has 100 valence electrons. The van der Waals surface area contributed by atoms with Gasteiger partial charge in [-0.25, -0.2) is 4.98 Å². The molecule has 0 amide bonds. The summed E-state index contributed by atoms with van der Waals surface area (Å²) >= 11 is 0. The second kappa shape index (κ2) is 6.96. The lowest BCUT2D eigenvalue weighted by Gasteiger charge is -2.12. The van der Waals surface area contributed by atoms with Crippen molar-refractivity contribution in [3.63, 3.8) is 0 Å². The fraction of sp³-hybridized carbons (Fsp3) is 0.538. The fourth-order valence-electron chi connectivity index (χ4n) is 1.10. The predicted octanol–water partition coefficient (Wildman–Crippen LogP) is 1.41. The first-order valence-corrected chi connectivity index (χ1v) is 6.01. The molecule has 1 aromatic rings. The van der Waals surface area contributed by atoms with Gasteiger partial charge < -0.3 is 15.2 Å². The third kappa shape index (κ3) is 4.71. The smallest absolute Gasteiger partial charge is 0.213 e. The van der Waals surface area contributed by atoms with Gasteiger partial charge in [-0.05, 0) is 13.0 Å². The number of ether oxygens (including phenoxy) is 2. The second-order valence-electron chi connectivity index (χ2n) is 4.41. The van der Waals surface area contributed by atoms with E-state index in [1.807, 2.05) is 20.8 Å². The van der Waals surface area contributed by atoms with Gasteiger partial charge in [0, 0.05) is 18.5 Å². The summed E-state index contributed by atoms with van der Waals surface area (Å²) in [6, 6.07) is 3.42. The van der Waals surface area contributed by atoms with Gasteiger partial charge in [0.1, 0.15) is 18.5 Å². The lowest BCUT2D eigenvalue weighted by Crippen LogP contribution is -2.23. The molecular weight excluding hydrogens is 232 g/mol. The zero-order chi connectivity index (χ0) is 13.5. The van der Waals surface area contributed by atoms with E-state index in [0.717, 1.165) is 0 Å². The van der Waals surface area contributed by atoms with E-state index in [4.69, 9.17) is 15.2 Å². The number of hydrogen-bond acceptors (Lipinski definition) is 5. The Bertz CT molecular complexity index is 376. The van der Waals surface area contributed by atoms with Gasteiger partial charge >= 0.3 is 0 Å². The Kier molecular flexibility index (Phi) is 5.58. The van der Waals surface area contributed by atoms with Gasteiger partial charge in [0.15, 0.2) is 5.78 Å². The van der Waals surface area contributed by atoms with Crippen LogP contribution in [0.15, 0.2) is 18.3 Å². The number of ketones is 1. The van der Waals surface area contributed by atoms with Gasteiger partial charge in [-0.3, -0.25) is 4.79 Å². The van der Waals surface area contributed by atoms with Crippen molar-refractivity contribution in [1.82, 2.24) is 4.98 Å². The Balaban J connectivity index is 2.48. The second-order valence-corrected chi connectivity index (χ2v) is 4.41. The Morgan fingerprint density at radius 1 is 1.39 bits per heavy atom. The van der Waals surface area contributed by atoms with Crippen molar-refractivity contribution in [1.29, 1.82) is 0 Å². The summed E-state index contributed by atoms with van der Waals surface area (Å²) in [4.78, 5) is 15.5. The van der Waals surface area contributed by atoms with Crippen LogP contribution in [-0.4, -0.2) is 30.0 Å². The standard InChI is InChI=1S/C13H20N2O3/c1-9(2)12(16)8-17-11-4-5-13(15-7-11)18-10(3)6-14/h4-5,7,9-10H,6,8,14H2,1-3H3/t10-/m0/s1. The number of rotatable bonds is 7. The number of aromatic nitrogens is 1. The average molecular weight is 252 g/mol. The van der Waals surface area contributed by atoms with Crippen LogP contribution in [-0.2, 0) is 4.79 Å². The molecule has 0 aliphatic heterocycles. The summed E-state index contributed by atoms with van der Waals surface area (Å²) in [6.45, 7) is 6.05. The highest BCUT2D eigenvalue weighted by atomic mass is 16.5. The van der Waals surface area contributed by atoms with E-state index in [-0.39, 0.29) is 24.4 Å². The van der Waals surface area contributed by atoms with Gasteiger partial charge in [0.05, 0.1) is 6.20 Å². The minimum atomic E-state index is -0.0770. The van der Waals surface area contributed by atoms with Gasteiger partial charge in [0.2, 0.25) is 5.88 Å². The molecule has 0 saturated heterocycles. The van der Waals surface area contributed by atoms with Crippen LogP contribution >= 0.6 is 0 Å². The lowest BCUT2D eigenvalue weighted by atomic mass is 10.1. The molecule has 0 unspecified atom stereocenters. The largest absolute Gasteiger partial charge is 0.484 e. The SMILES string of the molecule is CC(C)C(=O)COc1ccc(O[C@@H](C)CN)nc1. The minimum Gasteiger partial charge on any atom is -0.484 e. The third-order valence-electron chi connectivity index (χ3n) is 2.39. The van der Waals surface area contributed by atoms with E-state index in [0.29, 0.717) is 18.2 Å². The Morgan fingerprint density at radius 2 is 2.11 bits per heavy atom. The predicted molar refractivity (Wildman–Crippen MR) is 68.7 cm³/mol. The van der Waals surface area contributed by atoms with E-state index >= 15 is 0 Å². The quantitative estimate of drug-likeness (QED) is 0.794. The number of hydrogen-bond donors (Lipinski definition) is 1. The Morgan fingerprint density at radius 3 is 2.61 bits per heavy atom. The topological polar surface area (TPSA) is 74.4 Å². The monoisotopic (exact) mass is 252 g/mol. The summed E-state index contributed by atoms with van der Waals surface area (Å²) < 4.78 is 10.7. The number of pyridine rings is 1. The number of carbonyl (C=O) groups is 1. The summed E-state index contributed by atoms with van der Waals surface area (Å²) in [5, 5.41) is 0. The lowest BCUT2D eigenvalue weighted by molar-refractivity contribution is -0.123. The maximum Gasteiger partial charge on any atom is 0.213 e. The van der Waals surface area contributed by atoms with Crippen LogP contribution < -0.4 is 15.2 Å². The third-order valence-corrected chi connectivity index (χ3v) is 2.39. The van der Waals surface area contributed by atoms with Crippen LogP contribution in [0.1, 0.15) is 20.8 Å². The summed E-state index contributed by atoms with van der Waals surface area (Å²) in [5.41, 5.74) is 5.44. The summed E-state index contributed by atoms with van der Waals surface area (Å²) in [6.07, 6.45) is 1.46. The van der Waals surface area contributed by atoms with Crippen molar-refractivity contribution in [2.24, 2.45) is 11.7 Å². The highest BCUT2D eigenvalue weighted by Crippen LogP contribution is 2.15. The van der Waals surface area contributed by atoms with Crippen LogP contribution in [0.4, 0.5) is 0 Å². The van der Waals surface area contributed by atoms with Gasteiger partial charge in [-0.1, -0.05) is 13.8 Å². The van der Waals surface area contributed by atoms with Crippen molar-refractivity contribution in [2.75, 3.05) is 13.2 Å². The maximum absolute atomic E-state index is 11.4. The minimum absolute atomic E-state index is 0.0223. The van der Waals surface area contributed by atoms with E-state index in [9.17, 15) is 4.79 Å². The molecule has 0 bridgehead atoms. The van der Waals surface area contributed by atoms with Crippen molar-refractivity contribution in [3.8, 4) is 11.6 Å². The zero-order valence-electron chi connectivity index (χ0n) is 11.1. The number of nitrogens with two attached hydrogens (primary N) is 1. The molecule has 0 aliphatic rings. The van der Waals surface area contributed by atoms with Crippen molar-refractivity contribution in [2.45, 2.75) is 26.9 Å². The van der Waals surface area contributed by atoms with E-state index in [1.165, 1.54) is 6.20 Å². The Labute approximate surface area is 107 Å². The normalized spacial score (nSPS) is 12.3. The van der Waals surface area contributed by atoms with Crippen molar-refractivity contribution >= 4 is 5.78 Å². The first-order valence-electron chi connectivity index (χ1n) is 6.01. The fourth-order valence-corrected chi connectivity index (χ4v) is 1.10. The molecule has 18 heavy (non-hydrogen) atoms. The number of nitrogens with zero attached hydrogens (tertiary/aromatic N) is 1. The first-order chi connectivity index (χ1) is 8.52. The van der Waals surface area contributed by atoms with Gasteiger partial charge in [0.25, 0.3) is 0 Å². The number of carbonyl (C=O) groups excluding carboxylic acids is 1. The van der Waals surface area contributed by atoms with E-state index in [1.54, 1.807) is 12.1 Å². The highest BCUT2D eigenvalue weighted by Gasteiger charge is 2.08. The molecule has 1 rings (SSSR count). The van der Waals surface area contributed by atoms with Crippen LogP contribution in [0.2, 0.25) is 0 Å². The van der Waals surface area contributed by atoms with E-state index in [2.05, 4.69) is 4.98 Å². The molecule has 0 aliphatic carbocycles. The molecule has 5 nitrogen and oxygen atoms in total. The van der Waals surface area contributed by atoms with Crippen LogP contribution in [0.3, 0.4) is 0 Å². The van der Waals surface area contributed by atoms with E-state index < -0.39 is 0 Å². The molecule has 0 spiro atoms. The first kappa shape index (κ1) is 14.4. The molecular formula is C13H20N2O3. The number of Topliss-reactive ketones (excluding diaryl/α,β-unsaturated/α-hetero) is 1. The van der Waals surface area contributed by atoms with Crippen LogP contribution in [0, 0.1) is 5.92 Å². The van der Waals surface area contributed by atoms with Crippen molar-refractivity contribution < 1.29 is 14.3 Å². The molecule has 0 fully saturated rings. The summed E-state index contributed by atoms with van der Waals surface area (Å²) in [7, 11) is 0. The molecule has 1 atom stereocenters. The molecule has 1 heterocycles. The van der Waals surface area contributed by atoms with Crippen LogP contribution in [0.5, 0.6) is 11.6 Å². The van der Waals surface area contributed by atoms with Crippen molar-refractivity contribution in [3.05, 3.63) is 18.3 Å². The van der Waals surface area contributed by atoms with Gasteiger partial charge in [-0.15, -0.1) is 0 Å². The molecule has 5 heteroatoms. The maximum atomic E-state index is 11.4. The van der Waals surface area contributed by atoms with Gasteiger partial charge in [-0.2, -0.15) is 0 Å². The average Bonchev–Trinajstić information content (AvgIpc) is 2.37.